The summed E-state index contributed by atoms with van der Waals surface area (Å²) in [5, 5.41) is 6.50. The second-order valence-electron chi connectivity index (χ2n) is 5.16. The predicted molar refractivity (Wildman–Crippen MR) is 92.5 cm³/mol. The van der Waals surface area contributed by atoms with E-state index in [1.54, 1.807) is 7.11 Å². The third kappa shape index (κ3) is 5.07. The summed E-state index contributed by atoms with van der Waals surface area (Å²) < 4.78 is 5.05. The number of hydrogen-bond donors (Lipinski definition) is 2. The number of methoxy groups -OCH3 is 1. The topological polar surface area (TPSA) is 48.9 Å². The zero-order valence-corrected chi connectivity index (χ0v) is 13.5. The average Bonchev–Trinajstić information content (AvgIpc) is 3.07. The van der Waals surface area contributed by atoms with Crippen LogP contribution in [-0.4, -0.2) is 45.9 Å². The summed E-state index contributed by atoms with van der Waals surface area (Å²) in [5.74, 6) is 0.827. The molecule has 0 aromatic heterocycles. The van der Waals surface area contributed by atoms with E-state index < -0.39 is 0 Å². The molecule has 0 bridgehead atoms. The predicted octanol–water partition coefficient (Wildman–Crippen LogP) is 1.76. The molecule has 0 saturated heterocycles. The zero-order chi connectivity index (χ0) is 15.6. The smallest absolute Gasteiger partial charge is 0.191 e. The normalized spacial score (nSPS) is 14.5. The highest BCUT2D eigenvalue weighted by molar-refractivity contribution is 5.79. The second-order valence-corrected chi connectivity index (χ2v) is 5.16. The van der Waals surface area contributed by atoms with Crippen LogP contribution < -0.4 is 15.5 Å². The quantitative estimate of drug-likeness (QED) is 0.349. The van der Waals surface area contributed by atoms with E-state index in [0.29, 0.717) is 13.2 Å². The van der Waals surface area contributed by atoms with Crippen LogP contribution in [-0.2, 0) is 11.3 Å². The van der Waals surface area contributed by atoms with Crippen molar-refractivity contribution in [3.8, 4) is 0 Å². The summed E-state index contributed by atoms with van der Waals surface area (Å²) in [6.45, 7) is 6.98. The lowest BCUT2D eigenvalue weighted by atomic mass is 10.2. The van der Waals surface area contributed by atoms with E-state index in [-0.39, 0.29) is 0 Å². The maximum atomic E-state index is 5.05. The Labute approximate surface area is 133 Å². The van der Waals surface area contributed by atoms with E-state index in [1.165, 1.54) is 11.3 Å². The fourth-order valence-corrected chi connectivity index (χ4v) is 2.32. The number of nitrogens with zero attached hydrogens (tertiary/aromatic N) is 2. The van der Waals surface area contributed by atoms with Gasteiger partial charge in [0.25, 0.3) is 0 Å². The zero-order valence-electron chi connectivity index (χ0n) is 13.5. The van der Waals surface area contributed by atoms with E-state index in [1.807, 2.05) is 0 Å². The van der Waals surface area contributed by atoms with E-state index in [2.05, 4.69) is 63.9 Å². The highest BCUT2D eigenvalue weighted by Crippen LogP contribution is 2.18. The Bertz CT molecular complexity index is 505. The Morgan fingerprint density at radius 3 is 2.82 bits per heavy atom. The lowest BCUT2D eigenvalue weighted by molar-refractivity contribution is 0.203. The molecule has 0 saturated carbocycles. The van der Waals surface area contributed by atoms with Gasteiger partial charge in [0.2, 0.25) is 0 Å². The Hall–Kier alpha value is -2.01. The summed E-state index contributed by atoms with van der Waals surface area (Å²) >= 11 is 0. The van der Waals surface area contributed by atoms with Crippen molar-refractivity contribution in [1.29, 1.82) is 0 Å². The van der Waals surface area contributed by atoms with Gasteiger partial charge in [0, 0.05) is 39.0 Å². The van der Waals surface area contributed by atoms with Gasteiger partial charge in [-0.05, 0) is 24.6 Å². The van der Waals surface area contributed by atoms with E-state index in [4.69, 9.17) is 4.74 Å². The first-order valence-corrected chi connectivity index (χ1v) is 7.83. The molecule has 0 amide bonds. The van der Waals surface area contributed by atoms with Crippen LogP contribution in [0.4, 0.5) is 5.69 Å². The van der Waals surface area contributed by atoms with Gasteiger partial charge >= 0.3 is 0 Å². The summed E-state index contributed by atoms with van der Waals surface area (Å²) in [4.78, 5) is 6.97. The molecule has 2 rings (SSSR count). The highest BCUT2D eigenvalue weighted by atomic mass is 16.5. The van der Waals surface area contributed by atoms with Gasteiger partial charge in [0.1, 0.15) is 0 Å². The van der Waals surface area contributed by atoms with Gasteiger partial charge in [-0.3, -0.25) is 0 Å². The minimum Gasteiger partial charge on any atom is -0.383 e. The molecule has 1 aromatic rings. The number of guanidine groups is 1. The highest BCUT2D eigenvalue weighted by Gasteiger charge is 2.07. The van der Waals surface area contributed by atoms with Crippen molar-refractivity contribution < 1.29 is 4.74 Å². The van der Waals surface area contributed by atoms with Crippen molar-refractivity contribution in [3.63, 3.8) is 0 Å². The lowest BCUT2D eigenvalue weighted by Crippen LogP contribution is -2.38. The number of ether oxygens (including phenoxy) is 1. The Morgan fingerprint density at radius 1 is 1.27 bits per heavy atom. The molecule has 120 valence electrons. The van der Waals surface area contributed by atoms with Gasteiger partial charge in [0.15, 0.2) is 5.96 Å². The van der Waals surface area contributed by atoms with E-state index in [0.717, 1.165) is 32.1 Å². The average molecular weight is 302 g/mol. The molecule has 1 aromatic carbocycles. The van der Waals surface area contributed by atoms with Gasteiger partial charge in [-0.15, -0.1) is 0 Å². The summed E-state index contributed by atoms with van der Waals surface area (Å²) in [7, 11) is 1.70. The van der Waals surface area contributed by atoms with E-state index >= 15 is 0 Å². The van der Waals surface area contributed by atoms with Crippen LogP contribution in [0.3, 0.4) is 0 Å². The van der Waals surface area contributed by atoms with Crippen LogP contribution in [0.25, 0.3) is 0 Å². The van der Waals surface area contributed by atoms with Crippen molar-refractivity contribution in [1.82, 2.24) is 10.6 Å². The summed E-state index contributed by atoms with van der Waals surface area (Å²) in [6, 6.07) is 8.59. The fraction of sp³-hybridized carbons (Fsp3) is 0.471. The standard InChI is InChI=1S/C17H26N4O/c1-3-18-17(19-9-12-22-2)20-14-15-7-6-8-16(13-15)21-10-4-5-11-21/h4-8,13H,3,9-12,14H2,1-2H3,(H2,18,19,20). The fourth-order valence-electron chi connectivity index (χ4n) is 2.32. The molecular formula is C17H26N4O. The number of hydrogen-bond acceptors (Lipinski definition) is 3. The molecule has 22 heavy (non-hydrogen) atoms. The van der Waals surface area contributed by atoms with Gasteiger partial charge in [-0.1, -0.05) is 24.3 Å². The molecule has 5 nitrogen and oxygen atoms in total. The van der Waals surface area contributed by atoms with Gasteiger partial charge in [0.05, 0.1) is 13.2 Å². The molecule has 1 aliphatic heterocycles. The Balaban J connectivity index is 1.95. The maximum absolute atomic E-state index is 5.05. The van der Waals surface area contributed by atoms with Crippen molar-refractivity contribution in [2.75, 3.05) is 44.8 Å². The molecule has 1 heterocycles. The van der Waals surface area contributed by atoms with Crippen molar-refractivity contribution >= 4 is 11.6 Å². The molecule has 0 fully saturated rings. The number of anilines is 1. The molecule has 1 aliphatic rings. The largest absolute Gasteiger partial charge is 0.383 e. The minimum absolute atomic E-state index is 0.664. The minimum atomic E-state index is 0.664. The van der Waals surface area contributed by atoms with Gasteiger partial charge in [-0.25, -0.2) is 4.99 Å². The third-order valence-corrected chi connectivity index (χ3v) is 3.46. The SMILES string of the molecule is CCNC(=NCc1cccc(N2CC=CC2)c1)NCCOC. The van der Waals surface area contributed by atoms with Gasteiger partial charge in [-0.2, -0.15) is 0 Å². The first kappa shape index (κ1) is 16.4. The third-order valence-electron chi connectivity index (χ3n) is 3.46. The first-order chi connectivity index (χ1) is 10.8. The van der Waals surface area contributed by atoms with Gasteiger partial charge < -0.3 is 20.3 Å². The monoisotopic (exact) mass is 302 g/mol. The van der Waals surface area contributed by atoms with E-state index in [9.17, 15) is 0 Å². The van der Waals surface area contributed by atoms with Crippen LogP contribution in [0, 0.1) is 0 Å². The van der Waals surface area contributed by atoms with Crippen molar-refractivity contribution in [2.45, 2.75) is 13.5 Å². The van der Waals surface area contributed by atoms with Crippen molar-refractivity contribution in [2.24, 2.45) is 4.99 Å². The Morgan fingerprint density at radius 2 is 2.09 bits per heavy atom. The van der Waals surface area contributed by atoms with Crippen LogP contribution in [0.5, 0.6) is 0 Å². The molecule has 0 spiro atoms. The molecule has 2 N–H and O–H groups in total. The molecular weight excluding hydrogens is 276 g/mol. The maximum Gasteiger partial charge on any atom is 0.191 e. The first-order valence-electron chi connectivity index (χ1n) is 7.83. The number of benzene rings is 1. The summed E-state index contributed by atoms with van der Waals surface area (Å²) in [5.41, 5.74) is 2.48. The van der Waals surface area contributed by atoms with Crippen LogP contribution in [0.1, 0.15) is 12.5 Å². The van der Waals surface area contributed by atoms with Crippen LogP contribution >= 0.6 is 0 Å². The summed E-state index contributed by atoms with van der Waals surface area (Å²) in [6.07, 6.45) is 4.40. The Kier molecular flexibility index (Phi) is 6.77. The number of rotatable bonds is 7. The molecule has 5 heteroatoms. The number of nitrogens with one attached hydrogen (secondary N) is 2. The molecule has 0 aliphatic carbocycles. The van der Waals surface area contributed by atoms with Crippen molar-refractivity contribution in [3.05, 3.63) is 42.0 Å². The second kappa shape index (κ2) is 9.10. The number of aliphatic imine (C=N–C) groups is 1. The molecule has 0 unspecified atom stereocenters. The van der Waals surface area contributed by atoms with Crippen LogP contribution in [0.15, 0.2) is 41.4 Å². The molecule has 0 atom stereocenters. The van der Waals surface area contributed by atoms with Crippen LogP contribution in [0.2, 0.25) is 0 Å². The lowest BCUT2D eigenvalue weighted by Gasteiger charge is -2.18. The molecule has 0 radical (unpaired) electrons.